The third-order valence-electron chi connectivity index (χ3n) is 4.89. The lowest BCUT2D eigenvalue weighted by atomic mass is 10.2. The van der Waals surface area contributed by atoms with Gasteiger partial charge in [-0.2, -0.15) is 0 Å². The molecular weight excluding hydrogens is 384 g/mol. The topological polar surface area (TPSA) is 96.9 Å². The molecule has 1 N–H and O–H groups in total. The molecule has 2 amide bonds. The summed E-state index contributed by atoms with van der Waals surface area (Å²) >= 11 is 0. The zero-order chi connectivity index (χ0) is 21.3. The van der Waals surface area contributed by atoms with Gasteiger partial charge >= 0.3 is 0 Å². The van der Waals surface area contributed by atoms with Crippen LogP contribution in [0.1, 0.15) is 34.8 Å². The molecule has 0 aliphatic carbocycles. The number of furan rings is 1. The SMILES string of the molecule is CCN(CC)C(=O)c1cc2cc(NC(=O)c3cnc4ccccn4c3=O)ccc2o1. The molecule has 0 bridgehead atoms. The molecule has 0 unspecified atom stereocenters. The smallest absolute Gasteiger partial charge is 0.289 e. The van der Waals surface area contributed by atoms with E-state index in [4.69, 9.17) is 4.42 Å². The largest absolute Gasteiger partial charge is 0.451 e. The van der Waals surface area contributed by atoms with E-state index in [9.17, 15) is 14.4 Å². The number of benzene rings is 1. The van der Waals surface area contributed by atoms with E-state index >= 15 is 0 Å². The predicted molar refractivity (Wildman–Crippen MR) is 113 cm³/mol. The summed E-state index contributed by atoms with van der Waals surface area (Å²) in [7, 11) is 0. The number of nitrogens with zero attached hydrogens (tertiary/aromatic N) is 3. The zero-order valence-corrected chi connectivity index (χ0v) is 16.6. The first kappa shape index (κ1) is 19.4. The van der Waals surface area contributed by atoms with Crippen molar-refractivity contribution in [3.63, 3.8) is 0 Å². The number of hydrogen-bond acceptors (Lipinski definition) is 5. The van der Waals surface area contributed by atoms with Crippen LogP contribution in [0, 0.1) is 0 Å². The number of carbonyl (C=O) groups is 2. The van der Waals surface area contributed by atoms with Crippen LogP contribution in [0.15, 0.2) is 64.1 Å². The second-order valence-electron chi connectivity index (χ2n) is 6.70. The van der Waals surface area contributed by atoms with Gasteiger partial charge in [-0.25, -0.2) is 4.98 Å². The summed E-state index contributed by atoms with van der Waals surface area (Å²) in [5, 5.41) is 3.39. The third kappa shape index (κ3) is 3.43. The first-order valence-electron chi connectivity index (χ1n) is 9.62. The number of nitrogens with one attached hydrogen (secondary N) is 1. The molecule has 8 heteroatoms. The molecule has 0 saturated heterocycles. The molecule has 0 aliphatic heterocycles. The lowest BCUT2D eigenvalue weighted by molar-refractivity contribution is 0.0743. The Balaban J connectivity index is 1.61. The summed E-state index contributed by atoms with van der Waals surface area (Å²) in [6, 6.07) is 11.8. The standard InChI is InChI=1S/C22H20N4O4/c1-3-25(4-2)22(29)18-12-14-11-15(8-9-17(14)30-18)24-20(27)16-13-23-19-7-5-6-10-26(19)21(16)28/h5-13H,3-4H2,1-2H3,(H,24,27). The summed E-state index contributed by atoms with van der Waals surface area (Å²) < 4.78 is 6.98. The minimum atomic E-state index is -0.562. The van der Waals surface area contributed by atoms with Crippen molar-refractivity contribution < 1.29 is 14.0 Å². The Bertz CT molecular complexity index is 1320. The van der Waals surface area contributed by atoms with E-state index in [0.29, 0.717) is 35.4 Å². The van der Waals surface area contributed by atoms with Crippen molar-refractivity contribution in [1.82, 2.24) is 14.3 Å². The second-order valence-corrected chi connectivity index (χ2v) is 6.70. The maximum atomic E-state index is 12.6. The fourth-order valence-corrected chi connectivity index (χ4v) is 3.27. The quantitative estimate of drug-likeness (QED) is 0.551. The second kappa shape index (κ2) is 7.82. The van der Waals surface area contributed by atoms with Crippen LogP contribution in [-0.4, -0.2) is 39.2 Å². The van der Waals surface area contributed by atoms with E-state index in [0.717, 1.165) is 0 Å². The molecule has 0 fully saturated rings. The van der Waals surface area contributed by atoms with Gasteiger partial charge in [0.15, 0.2) is 5.76 Å². The van der Waals surface area contributed by atoms with Gasteiger partial charge in [-0.05, 0) is 50.2 Å². The highest BCUT2D eigenvalue weighted by molar-refractivity contribution is 6.05. The maximum Gasteiger partial charge on any atom is 0.289 e. The summed E-state index contributed by atoms with van der Waals surface area (Å²) in [4.78, 5) is 43.5. The lowest BCUT2D eigenvalue weighted by Crippen LogP contribution is -2.30. The Morgan fingerprint density at radius 1 is 1.13 bits per heavy atom. The average Bonchev–Trinajstić information content (AvgIpc) is 3.18. The van der Waals surface area contributed by atoms with Gasteiger partial charge in [-0.1, -0.05) is 6.07 Å². The van der Waals surface area contributed by atoms with Crippen molar-refractivity contribution in [1.29, 1.82) is 0 Å². The van der Waals surface area contributed by atoms with Crippen LogP contribution in [0.25, 0.3) is 16.6 Å². The number of pyridine rings is 1. The number of fused-ring (bicyclic) bond motifs is 2. The Hall–Kier alpha value is -3.94. The Morgan fingerprint density at radius 3 is 2.70 bits per heavy atom. The van der Waals surface area contributed by atoms with Gasteiger partial charge < -0.3 is 14.6 Å². The number of hydrogen-bond donors (Lipinski definition) is 1. The van der Waals surface area contributed by atoms with Gasteiger partial charge in [-0.3, -0.25) is 18.8 Å². The van der Waals surface area contributed by atoms with Crippen LogP contribution < -0.4 is 10.9 Å². The molecule has 1 aromatic carbocycles. The van der Waals surface area contributed by atoms with Crippen LogP contribution in [0.5, 0.6) is 0 Å². The molecule has 0 spiro atoms. The molecule has 8 nitrogen and oxygen atoms in total. The minimum Gasteiger partial charge on any atom is -0.451 e. The molecule has 152 valence electrons. The molecule has 0 radical (unpaired) electrons. The number of carbonyl (C=O) groups excluding carboxylic acids is 2. The van der Waals surface area contributed by atoms with Crippen molar-refractivity contribution in [2.75, 3.05) is 18.4 Å². The van der Waals surface area contributed by atoms with Crippen LogP contribution in [-0.2, 0) is 0 Å². The Kier molecular flexibility index (Phi) is 5.05. The minimum absolute atomic E-state index is 0.0663. The van der Waals surface area contributed by atoms with Gasteiger partial charge in [0.25, 0.3) is 17.4 Å². The number of amides is 2. The number of anilines is 1. The van der Waals surface area contributed by atoms with Gasteiger partial charge in [0.1, 0.15) is 16.8 Å². The molecule has 0 atom stereocenters. The van der Waals surface area contributed by atoms with Crippen molar-refractivity contribution in [3.8, 4) is 0 Å². The van der Waals surface area contributed by atoms with Gasteiger partial charge in [0.2, 0.25) is 0 Å². The zero-order valence-electron chi connectivity index (χ0n) is 16.6. The normalized spacial score (nSPS) is 11.0. The van der Waals surface area contributed by atoms with Gasteiger partial charge in [0, 0.05) is 36.6 Å². The molecule has 30 heavy (non-hydrogen) atoms. The van der Waals surface area contributed by atoms with Crippen LogP contribution in [0.2, 0.25) is 0 Å². The number of aromatic nitrogens is 2. The Morgan fingerprint density at radius 2 is 1.93 bits per heavy atom. The van der Waals surface area contributed by atoms with Crippen LogP contribution in [0.3, 0.4) is 0 Å². The van der Waals surface area contributed by atoms with Crippen LogP contribution >= 0.6 is 0 Å². The Labute approximate surface area is 171 Å². The lowest BCUT2D eigenvalue weighted by Gasteiger charge is -2.16. The van der Waals surface area contributed by atoms with Gasteiger partial charge in [0.05, 0.1) is 0 Å². The van der Waals surface area contributed by atoms with Crippen molar-refractivity contribution in [3.05, 3.63) is 76.5 Å². The molecular formula is C22H20N4O4. The monoisotopic (exact) mass is 404 g/mol. The molecule has 0 saturated carbocycles. The van der Waals surface area contributed by atoms with E-state index in [1.54, 1.807) is 53.6 Å². The van der Waals surface area contributed by atoms with Crippen molar-refractivity contribution in [2.24, 2.45) is 0 Å². The fraction of sp³-hybridized carbons (Fsp3) is 0.182. The van der Waals surface area contributed by atoms with Crippen molar-refractivity contribution in [2.45, 2.75) is 13.8 Å². The number of rotatable bonds is 5. The highest BCUT2D eigenvalue weighted by Crippen LogP contribution is 2.24. The van der Waals surface area contributed by atoms with E-state index in [1.807, 2.05) is 13.8 Å². The van der Waals surface area contributed by atoms with E-state index < -0.39 is 11.5 Å². The first-order chi connectivity index (χ1) is 14.5. The molecule has 0 aliphatic rings. The molecule has 4 rings (SSSR count). The summed E-state index contributed by atoms with van der Waals surface area (Å²) in [5.74, 6) is -0.501. The highest BCUT2D eigenvalue weighted by Gasteiger charge is 2.18. The molecule has 3 heterocycles. The van der Waals surface area contributed by atoms with E-state index in [2.05, 4.69) is 10.3 Å². The summed E-state index contributed by atoms with van der Waals surface area (Å²) in [5.41, 5.74) is 0.964. The van der Waals surface area contributed by atoms with Crippen molar-refractivity contribution >= 4 is 34.1 Å². The fourth-order valence-electron chi connectivity index (χ4n) is 3.27. The molecule has 4 aromatic rings. The average molecular weight is 404 g/mol. The highest BCUT2D eigenvalue weighted by atomic mass is 16.3. The predicted octanol–water partition coefficient (Wildman–Crippen LogP) is 3.18. The van der Waals surface area contributed by atoms with E-state index in [-0.39, 0.29) is 17.2 Å². The maximum absolute atomic E-state index is 12.6. The van der Waals surface area contributed by atoms with Crippen LogP contribution in [0.4, 0.5) is 5.69 Å². The summed E-state index contributed by atoms with van der Waals surface area (Å²) in [6.07, 6.45) is 2.83. The van der Waals surface area contributed by atoms with E-state index in [1.165, 1.54) is 10.6 Å². The summed E-state index contributed by atoms with van der Waals surface area (Å²) in [6.45, 7) is 4.98. The first-order valence-corrected chi connectivity index (χ1v) is 9.62. The third-order valence-corrected chi connectivity index (χ3v) is 4.89. The van der Waals surface area contributed by atoms with Gasteiger partial charge in [-0.15, -0.1) is 0 Å². The molecule has 3 aromatic heterocycles.